The number of sulfonamides is 1. The number of methoxy groups -OCH3 is 2. The van der Waals surface area contributed by atoms with E-state index in [1.165, 1.54) is 7.11 Å². The van der Waals surface area contributed by atoms with Crippen molar-refractivity contribution in [2.45, 2.75) is 43.7 Å². The zero-order valence-corrected chi connectivity index (χ0v) is 21.3. The van der Waals surface area contributed by atoms with Crippen LogP contribution in [0.25, 0.3) is 0 Å². The number of carbonyl (C=O) groups is 1. The summed E-state index contributed by atoms with van der Waals surface area (Å²) < 4.78 is 40.2. The molecular formula is C27H32N2O5S. The standard InChI is InChI=1S/C27H32N2O5S/c1-19(2)21-14-15-25(34-4)26(17-21)35(31,32)29-23(16-20-10-6-5-7-11-20)27(30)28-18-22-12-8-9-13-24(22)33-3/h5-15,17,19,23,29H,16,18H2,1-4H3,(H,28,30). The predicted octanol–water partition coefficient (Wildman–Crippen LogP) is 4.03. The Hall–Kier alpha value is -3.36. The molecule has 0 aliphatic heterocycles. The van der Waals surface area contributed by atoms with E-state index >= 15 is 0 Å². The summed E-state index contributed by atoms with van der Waals surface area (Å²) in [4.78, 5) is 13.3. The average molecular weight is 497 g/mol. The maximum absolute atomic E-state index is 13.5. The molecular weight excluding hydrogens is 464 g/mol. The lowest BCUT2D eigenvalue weighted by Crippen LogP contribution is -2.47. The first-order valence-electron chi connectivity index (χ1n) is 11.4. The number of hydrogen-bond donors (Lipinski definition) is 2. The van der Waals surface area contributed by atoms with E-state index in [1.807, 2.05) is 68.4 Å². The number of benzene rings is 3. The van der Waals surface area contributed by atoms with Crippen LogP contribution in [0.1, 0.15) is 36.5 Å². The van der Waals surface area contributed by atoms with Crippen LogP contribution in [0.3, 0.4) is 0 Å². The van der Waals surface area contributed by atoms with Gasteiger partial charge in [-0.2, -0.15) is 4.72 Å². The number of nitrogens with one attached hydrogen (secondary N) is 2. The summed E-state index contributed by atoms with van der Waals surface area (Å²) >= 11 is 0. The second-order valence-corrected chi connectivity index (χ2v) is 10.1. The molecule has 0 heterocycles. The molecule has 1 amide bonds. The first kappa shape index (κ1) is 26.2. The lowest BCUT2D eigenvalue weighted by atomic mass is 10.0. The molecule has 7 nitrogen and oxygen atoms in total. The zero-order valence-electron chi connectivity index (χ0n) is 20.4. The molecule has 2 N–H and O–H groups in total. The van der Waals surface area contributed by atoms with Crippen molar-refractivity contribution in [2.24, 2.45) is 0 Å². The Balaban J connectivity index is 1.89. The number of carbonyl (C=O) groups excluding carboxylic acids is 1. The Labute approximate surface area is 207 Å². The minimum atomic E-state index is -4.08. The number of amides is 1. The third kappa shape index (κ3) is 6.83. The molecule has 0 fully saturated rings. The molecule has 0 radical (unpaired) electrons. The number of hydrogen-bond acceptors (Lipinski definition) is 5. The van der Waals surface area contributed by atoms with Crippen molar-refractivity contribution in [1.29, 1.82) is 0 Å². The SMILES string of the molecule is COc1ccccc1CNC(=O)C(Cc1ccccc1)NS(=O)(=O)c1cc(C(C)C)ccc1OC. The van der Waals surface area contributed by atoms with Crippen molar-refractivity contribution in [3.63, 3.8) is 0 Å². The van der Waals surface area contributed by atoms with Gasteiger partial charge in [-0.25, -0.2) is 8.42 Å². The Kier molecular flexibility index (Phi) is 8.89. The van der Waals surface area contributed by atoms with E-state index in [0.29, 0.717) is 5.75 Å². The fourth-order valence-corrected chi connectivity index (χ4v) is 5.10. The van der Waals surface area contributed by atoms with Crippen LogP contribution in [0.2, 0.25) is 0 Å². The van der Waals surface area contributed by atoms with Gasteiger partial charge in [0.15, 0.2) is 0 Å². The van der Waals surface area contributed by atoms with Gasteiger partial charge in [0.1, 0.15) is 22.4 Å². The third-order valence-corrected chi connectivity index (χ3v) is 7.18. The normalized spacial score (nSPS) is 12.3. The highest BCUT2D eigenvalue weighted by molar-refractivity contribution is 7.89. The average Bonchev–Trinajstić information content (AvgIpc) is 2.87. The van der Waals surface area contributed by atoms with Crippen molar-refractivity contribution in [2.75, 3.05) is 14.2 Å². The maximum Gasteiger partial charge on any atom is 0.245 e. The number of para-hydroxylation sites is 1. The van der Waals surface area contributed by atoms with E-state index in [2.05, 4.69) is 10.0 Å². The maximum atomic E-state index is 13.5. The summed E-state index contributed by atoms with van der Waals surface area (Å²) in [6, 6.07) is 20.7. The second kappa shape index (κ2) is 11.9. The van der Waals surface area contributed by atoms with E-state index < -0.39 is 22.0 Å². The summed E-state index contributed by atoms with van der Waals surface area (Å²) in [6.45, 7) is 4.16. The van der Waals surface area contributed by atoms with Gasteiger partial charge in [-0.15, -0.1) is 0 Å². The van der Waals surface area contributed by atoms with Gasteiger partial charge in [0.25, 0.3) is 0 Å². The monoisotopic (exact) mass is 496 g/mol. The van der Waals surface area contributed by atoms with Crippen molar-refractivity contribution < 1.29 is 22.7 Å². The van der Waals surface area contributed by atoms with Crippen LogP contribution in [0.4, 0.5) is 0 Å². The Morgan fingerprint density at radius 1 is 0.886 bits per heavy atom. The predicted molar refractivity (Wildman–Crippen MR) is 136 cm³/mol. The molecule has 186 valence electrons. The van der Waals surface area contributed by atoms with Crippen LogP contribution < -0.4 is 19.5 Å². The van der Waals surface area contributed by atoms with E-state index in [4.69, 9.17) is 9.47 Å². The largest absolute Gasteiger partial charge is 0.496 e. The first-order valence-corrected chi connectivity index (χ1v) is 12.9. The zero-order chi connectivity index (χ0) is 25.4. The van der Waals surface area contributed by atoms with E-state index in [9.17, 15) is 13.2 Å². The Bertz CT molecular complexity index is 1240. The molecule has 35 heavy (non-hydrogen) atoms. The lowest BCUT2D eigenvalue weighted by molar-refractivity contribution is -0.122. The molecule has 1 atom stereocenters. The molecule has 3 aromatic carbocycles. The van der Waals surface area contributed by atoms with Crippen molar-refractivity contribution in [3.8, 4) is 11.5 Å². The van der Waals surface area contributed by atoms with Crippen molar-refractivity contribution in [1.82, 2.24) is 10.0 Å². The van der Waals surface area contributed by atoms with Gasteiger partial charge < -0.3 is 14.8 Å². The van der Waals surface area contributed by atoms with Crippen LogP contribution in [0.15, 0.2) is 77.7 Å². The third-order valence-electron chi connectivity index (χ3n) is 5.69. The molecule has 0 spiro atoms. The van der Waals surface area contributed by atoms with Gasteiger partial charge >= 0.3 is 0 Å². The summed E-state index contributed by atoms with van der Waals surface area (Å²) in [6.07, 6.45) is 0.185. The van der Waals surface area contributed by atoms with Gasteiger partial charge in [0.05, 0.1) is 14.2 Å². The fraction of sp³-hybridized carbons (Fsp3) is 0.296. The van der Waals surface area contributed by atoms with Gasteiger partial charge in [-0.1, -0.05) is 68.4 Å². The summed E-state index contributed by atoms with van der Waals surface area (Å²) in [5, 5.41) is 2.85. The molecule has 1 unspecified atom stereocenters. The molecule has 0 saturated heterocycles. The summed E-state index contributed by atoms with van der Waals surface area (Å²) in [7, 11) is -1.10. The van der Waals surface area contributed by atoms with Crippen LogP contribution in [0.5, 0.6) is 11.5 Å². The minimum Gasteiger partial charge on any atom is -0.496 e. The molecule has 0 aliphatic rings. The highest BCUT2D eigenvalue weighted by Gasteiger charge is 2.29. The summed E-state index contributed by atoms with van der Waals surface area (Å²) in [5.74, 6) is 0.541. The van der Waals surface area contributed by atoms with Crippen LogP contribution >= 0.6 is 0 Å². The lowest BCUT2D eigenvalue weighted by Gasteiger charge is -2.21. The molecule has 0 aromatic heterocycles. The van der Waals surface area contributed by atoms with Gasteiger partial charge in [0, 0.05) is 12.1 Å². The minimum absolute atomic E-state index is 0.00166. The molecule has 8 heteroatoms. The van der Waals surface area contributed by atoms with Crippen molar-refractivity contribution in [3.05, 3.63) is 89.5 Å². The quantitative estimate of drug-likeness (QED) is 0.418. The fourth-order valence-electron chi connectivity index (χ4n) is 3.71. The van der Waals surface area contributed by atoms with Gasteiger partial charge in [-0.3, -0.25) is 4.79 Å². The number of ether oxygens (including phenoxy) is 2. The van der Waals surface area contributed by atoms with Gasteiger partial charge in [0.2, 0.25) is 15.9 Å². The van der Waals surface area contributed by atoms with Crippen LogP contribution in [-0.2, 0) is 27.8 Å². The second-order valence-electron chi connectivity index (χ2n) is 8.46. The Morgan fingerprint density at radius 3 is 2.20 bits per heavy atom. The van der Waals surface area contributed by atoms with E-state index in [-0.39, 0.29) is 29.5 Å². The molecule has 0 aliphatic carbocycles. The van der Waals surface area contributed by atoms with Crippen molar-refractivity contribution >= 4 is 15.9 Å². The molecule has 0 saturated carbocycles. The van der Waals surface area contributed by atoms with Gasteiger partial charge in [-0.05, 0) is 41.7 Å². The summed E-state index contributed by atoms with van der Waals surface area (Å²) in [5.41, 5.74) is 2.47. The molecule has 3 aromatic rings. The molecule has 3 rings (SSSR count). The smallest absolute Gasteiger partial charge is 0.245 e. The topological polar surface area (TPSA) is 93.7 Å². The molecule has 0 bridgehead atoms. The first-order chi connectivity index (χ1) is 16.7. The van der Waals surface area contributed by atoms with Crippen LogP contribution in [-0.4, -0.2) is 34.6 Å². The highest BCUT2D eigenvalue weighted by Crippen LogP contribution is 2.28. The van der Waals surface area contributed by atoms with E-state index in [1.54, 1.807) is 25.3 Å². The van der Waals surface area contributed by atoms with Crippen LogP contribution in [0, 0.1) is 0 Å². The van der Waals surface area contributed by atoms with E-state index in [0.717, 1.165) is 16.7 Å². The Morgan fingerprint density at radius 2 is 1.54 bits per heavy atom. The highest BCUT2D eigenvalue weighted by atomic mass is 32.2. The number of rotatable bonds is 11.